The van der Waals surface area contributed by atoms with Gasteiger partial charge < -0.3 is 10.6 Å². The van der Waals surface area contributed by atoms with Crippen LogP contribution >= 0.6 is 11.8 Å². The molecule has 1 saturated heterocycles. The van der Waals surface area contributed by atoms with Gasteiger partial charge in [-0.3, -0.25) is 4.99 Å². The maximum atomic E-state index is 11.4. The zero-order chi connectivity index (χ0) is 14.6. The summed E-state index contributed by atoms with van der Waals surface area (Å²) in [6.45, 7) is 1.63. The minimum absolute atomic E-state index is 0.0622. The highest BCUT2D eigenvalue weighted by molar-refractivity contribution is 8.00. The minimum Gasteiger partial charge on any atom is -0.356 e. The van der Waals surface area contributed by atoms with Gasteiger partial charge in [-0.15, -0.1) is 0 Å². The van der Waals surface area contributed by atoms with Crippen molar-refractivity contribution in [2.45, 2.75) is 30.9 Å². The smallest absolute Gasteiger partial charge is 0.191 e. The molecule has 1 aliphatic heterocycles. The van der Waals surface area contributed by atoms with E-state index >= 15 is 0 Å². The second-order valence-corrected chi connectivity index (χ2v) is 9.56. The van der Waals surface area contributed by atoms with Gasteiger partial charge in [0.1, 0.15) is 9.84 Å². The van der Waals surface area contributed by atoms with Crippen LogP contribution in [-0.2, 0) is 9.84 Å². The fraction of sp³-hybridized carbons (Fsp3) is 0.923. The molecule has 1 heterocycles. The van der Waals surface area contributed by atoms with Gasteiger partial charge in [0, 0.05) is 37.1 Å². The van der Waals surface area contributed by atoms with E-state index in [0.717, 1.165) is 25.3 Å². The molecule has 0 radical (unpaired) electrons. The first-order valence-electron chi connectivity index (χ1n) is 7.16. The van der Waals surface area contributed by atoms with Crippen molar-refractivity contribution in [2.75, 3.05) is 37.9 Å². The summed E-state index contributed by atoms with van der Waals surface area (Å²) in [6, 6.07) is 0. The van der Waals surface area contributed by atoms with E-state index < -0.39 is 9.84 Å². The molecule has 0 amide bonds. The van der Waals surface area contributed by atoms with Gasteiger partial charge in [0.2, 0.25) is 0 Å². The van der Waals surface area contributed by atoms with Crippen LogP contribution < -0.4 is 10.6 Å². The Labute approximate surface area is 126 Å². The first kappa shape index (κ1) is 15.9. The Morgan fingerprint density at radius 1 is 1.40 bits per heavy atom. The van der Waals surface area contributed by atoms with Crippen molar-refractivity contribution in [3.8, 4) is 0 Å². The van der Waals surface area contributed by atoms with Crippen LogP contribution in [0.3, 0.4) is 0 Å². The number of aliphatic imine (C=N–C) groups is 1. The molecule has 5 nitrogen and oxygen atoms in total. The van der Waals surface area contributed by atoms with E-state index in [1.54, 1.807) is 7.05 Å². The van der Waals surface area contributed by atoms with Crippen molar-refractivity contribution in [3.05, 3.63) is 0 Å². The van der Waals surface area contributed by atoms with Crippen molar-refractivity contribution < 1.29 is 8.42 Å². The van der Waals surface area contributed by atoms with Gasteiger partial charge in [-0.2, -0.15) is 11.8 Å². The molecule has 116 valence electrons. The number of nitrogens with zero attached hydrogens (tertiary/aromatic N) is 1. The summed E-state index contributed by atoms with van der Waals surface area (Å²) in [7, 11) is -1.15. The summed E-state index contributed by atoms with van der Waals surface area (Å²) >= 11 is 2.01. The number of hydrogen-bond donors (Lipinski definition) is 2. The number of guanidine groups is 1. The summed E-state index contributed by atoms with van der Waals surface area (Å²) in [6.07, 6.45) is 5.87. The minimum atomic E-state index is -2.90. The normalized spacial score (nSPS) is 25.5. The van der Waals surface area contributed by atoms with E-state index in [1.807, 2.05) is 11.8 Å². The van der Waals surface area contributed by atoms with Gasteiger partial charge in [0.15, 0.2) is 5.96 Å². The monoisotopic (exact) mass is 319 g/mol. The summed E-state index contributed by atoms with van der Waals surface area (Å²) < 4.78 is 22.8. The van der Waals surface area contributed by atoms with E-state index in [2.05, 4.69) is 15.6 Å². The SMILES string of the molecule is CN=C(NCC1CCCS1)NCC1(CS(C)(=O)=O)CC1. The topological polar surface area (TPSA) is 70.6 Å². The van der Waals surface area contributed by atoms with Crippen LogP contribution in [0.4, 0.5) is 0 Å². The summed E-state index contributed by atoms with van der Waals surface area (Å²) in [5.41, 5.74) is -0.0622. The Balaban J connectivity index is 1.73. The first-order valence-corrected chi connectivity index (χ1v) is 10.3. The molecule has 2 rings (SSSR count). The van der Waals surface area contributed by atoms with Crippen molar-refractivity contribution in [1.82, 2.24) is 10.6 Å². The van der Waals surface area contributed by atoms with Crippen LogP contribution in [-0.4, -0.2) is 57.5 Å². The van der Waals surface area contributed by atoms with Crippen LogP contribution in [0.2, 0.25) is 0 Å². The lowest BCUT2D eigenvalue weighted by molar-refractivity contribution is 0.529. The predicted molar refractivity (Wildman–Crippen MR) is 86.2 cm³/mol. The molecule has 0 bridgehead atoms. The lowest BCUT2D eigenvalue weighted by Gasteiger charge is -2.19. The molecule has 2 fully saturated rings. The van der Waals surface area contributed by atoms with Gasteiger partial charge >= 0.3 is 0 Å². The highest BCUT2D eigenvalue weighted by Crippen LogP contribution is 2.45. The van der Waals surface area contributed by atoms with Crippen LogP contribution in [0.1, 0.15) is 25.7 Å². The van der Waals surface area contributed by atoms with Crippen molar-refractivity contribution >= 4 is 27.6 Å². The lowest BCUT2D eigenvalue weighted by atomic mass is 10.1. The Bertz CT molecular complexity index is 452. The molecular weight excluding hydrogens is 294 g/mol. The second kappa shape index (κ2) is 6.56. The molecule has 20 heavy (non-hydrogen) atoms. The van der Waals surface area contributed by atoms with Gasteiger partial charge in [0.25, 0.3) is 0 Å². The quantitative estimate of drug-likeness (QED) is 0.561. The zero-order valence-electron chi connectivity index (χ0n) is 12.3. The van der Waals surface area contributed by atoms with Crippen LogP contribution in [0.15, 0.2) is 4.99 Å². The summed E-state index contributed by atoms with van der Waals surface area (Å²) in [4.78, 5) is 4.21. The Morgan fingerprint density at radius 3 is 2.65 bits per heavy atom. The second-order valence-electron chi connectivity index (χ2n) is 6.01. The fourth-order valence-electron chi connectivity index (χ4n) is 2.61. The molecule has 1 atom stereocenters. The average molecular weight is 319 g/mol. The van der Waals surface area contributed by atoms with E-state index in [9.17, 15) is 8.42 Å². The van der Waals surface area contributed by atoms with Gasteiger partial charge in [-0.1, -0.05) is 0 Å². The van der Waals surface area contributed by atoms with Crippen molar-refractivity contribution in [2.24, 2.45) is 10.4 Å². The predicted octanol–water partition coefficient (Wildman–Crippen LogP) is 0.872. The summed E-state index contributed by atoms with van der Waals surface area (Å²) in [5.74, 6) is 2.33. The molecule has 0 aromatic rings. The molecule has 0 aromatic heterocycles. The summed E-state index contributed by atoms with van der Waals surface area (Å²) in [5, 5.41) is 7.31. The molecule has 1 aliphatic carbocycles. The van der Waals surface area contributed by atoms with Gasteiger partial charge in [-0.25, -0.2) is 8.42 Å². The number of rotatable bonds is 6. The Kier molecular flexibility index (Phi) is 5.23. The van der Waals surface area contributed by atoms with E-state index in [-0.39, 0.29) is 11.2 Å². The zero-order valence-corrected chi connectivity index (χ0v) is 13.9. The number of sulfone groups is 1. The molecule has 0 aromatic carbocycles. The molecule has 7 heteroatoms. The molecule has 1 unspecified atom stereocenters. The molecule has 2 aliphatic rings. The Hall–Kier alpha value is -0.430. The third-order valence-corrected chi connectivity index (χ3v) is 6.44. The third-order valence-electron chi connectivity index (χ3n) is 3.90. The van der Waals surface area contributed by atoms with Gasteiger partial charge in [-0.05, 0) is 31.4 Å². The van der Waals surface area contributed by atoms with Crippen molar-refractivity contribution in [3.63, 3.8) is 0 Å². The maximum Gasteiger partial charge on any atom is 0.191 e. The van der Waals surface area contributed by atoms with Crippen molar-refractivity contribution in [1.29, 1.82) is 0 Å². The lowest BCUT2D eigenvalue weighted by Crippen LogP contribution is -2.43. The third kappa shape index (κ3) is 5.16. The largest absolute Gasteiger partial charge is 0.356 e. The van der Waals surface area contributed by atoms with Gasteiger partial charge in [0.05, 0.1) is 5.75 Å². The number of hydrogen-bond acceptors (Lipinski definition) is 4. The van der Waals surface area contributed by atoms with Crippen LogP contribution in [0.25, 0.3) is 0 Å². The standard InChI is InChI=1S/C13H25N3O2S2/c1-14-12(15-8-11-4-3-7-19-11)16-9-13(5-6-13)10-20(2,17)18/h11H,3-10H2,1-2H3,(H2,14,15,16). The fourth-order valence-corrected chi connectivity index (χ4v) is 5.32. The van der Waals surface area contributed by atoms with Crippen LogP contribution in [0.5, 0.6) is 0 Å². The Morgan fingerprint density at radius 2 is 2.15 bits per heavy atom. The van der Waals surface area contributed by atoms with E-state index in [0.29, 0.717) is 11.8 Å². The molecule has 2 N–H and O–H groups in total. The maximum absolute atomic E-state index is 11.4. The van der Waals surface area contributed by atoms with E-state index in [4.69, 9.17) is 0 Å². The number of thioether (sulfide) groups is 1. The first-order chi connectivity index (χ1) is 9.42. The highest BCUT2D eigenvalue weighted by atomic mass is 32.2. The van der Waals surface area contributed by atoms with E-state index in [1.165, 1.54) is 24.9 Å². The average Bonchev–Trinajstić information content (AvgIpc) is 2.90. The highest BCUT2D eigenvalue weighted by Gasteiger charge is 2.45. The van der Waals surface area contributed by atoms with Crippen LogP contribution in [0, 0.1) is 5.41 Å². The molecule has 0 spiro atoms. The molecular formula is C13H25N3O2S2. The number of nitrogens with one attached hydrogen (secondary N) is 2. The molecule has 1 saturated carbocycles.